The highest BCUT2D eigenvalue weighted by Gasteiger charge is 2.71. The molecule has 5 saturated carbocycles. The number of rotatable bonds is 12. The monoisotopic (exact) mass is 641 g/mol. The van der Waals surface area contributed by atoms with Crippen molar-refractivity contribution in [1.82, 2.24) is 0 Å². The van der Waals surface area contributed by atoms with Gasteiger partial charge in [0.1, 0.15) is 6.10 Å². The SMILES string of the molecule is C=C(C)[C@@H]1CC[C@]2(CO)CC[C@]3(C)C(CCC4[C@@]5(C)CC[C@H](OC(=O)C[N+](C)(C)CCCCCCCC)C(C)(C)C5CC[C@]43C)C12. The fourth-order valence-electron chi connectivity index (χ4n) is 13.7. The molecule has 0 amide bonds. The number of ether oxygens (including phenoxy) is 1. The molecule has 4 nitrogen and oxygen atoms in total. The molecule has 0 radical (unpaired) electrons. The number of aliphatic hydroxyl groups excluding tert-OH is 1. The molecule has 5 fully saturated rings. The standard InChI is InChI=1S/C42H74NO3/c1-11-12-13-14-15-16-27-43(9,10)28-36(45)46-35-21-22-39(6)33(38(35,4)5)20-23-41(8)34(39)18-17-32-37-31(30(2)3)19-24-42(37,29-44)26-25-40(32,41)7/h31-35,37,44H,2,11-29H2,1,3-10H3/q+1/t31-,32?,33?,34?,35-,37?,39-,40+,41+,42+/m0/s1. The summed E-state index contributed by atoms with van der Waals surface area (Å²) >= 11 is 0. The highest BCUT2D eigenvalue weighted by molar-refractivity contribution is 5.70. The Morgan fingerprint density at radius 1 is 0.826 bits per heavy atom. The molecule has 0 saturated heterocycles. The van der Waals surface area contributed by atoms with E-state index in [9.17, 15) is 9.90 Å². The second-order valence-electron chi connectivity index (χ2n) is 19.6. The quantitative estimate of drug-likeness (QED) is 0.1000. The summed E-state index contributed by atoms with van der Waals surface area (Å²) in [4.78, 5) is 13.5. The number of aliphatic hydroxyl groups is 1. The lowest BCUT2D eigenvalue weighted by Crippen LogP contribution is -2.67. The Morgan fingerprint density at radius 2 is 1.52 bits per heavy atom. The Labute approximate surface area is 284 Å². The van der Waals surface area contributed by atoms with Crippen LogP contribution in [0.3, 0.4) is 0 Å². The molecule has 4 unspecified atom stereocenters. The van der Waals surface area contributed by atoms with E-state index in [1.54, 1.807) is 0 Å². The highest BCUT2D eigenvalue weighted by atomic mass is 16.5. The van der Waals surface area contributed by atoms with Crippen LogP contribution in [0.15, 0.2) is 12.2 Å². The van der Waals surface area contributed by atoms with Gasteiger partial charge in [0, 0.05) is 12.0 Å². The molecule has 0 aliphatic heterocycles. The van der Waals surface area contributed by atoms with Gasteiger partial charge in [0.15, 0.2) is 6.54 Å². The van der Waals surface area contributed by atoms with Crippen molar-refractivity contribution in [1.29, 1.82) is 0 Å². The number of fused-ring (bicyclic) bond motifs is 7. The summed E-state index contributed by atoms with van der Waals surface area (Å²) in [5.41, 5.74) is 2.33. The van der Waals surface area contributed by atoms with Crippen molar-refractivity contribution >= 4 is 5.97 Å². The van der Waals surface area contributed by atoms with Crippen LogP contribution in [0.4, 0.5) is 0 Å². The lowest BCUT2D eigenvalue weighted by Gasteiger charge is -2.73. The number of allylic oxidation sites excluding steroid dienone is 1. The predicted octanol–water partition coefficient (Wildman–Crippen LogP) is 9.98. The zero-order valence-electron chi connectivity index (χ0n) is 31.8. The van der Waals surface area contributed by atoms with Crippen LogP contribution in [0.5, 0.6) is 0 Å². The van der Waals surface area contributed by atoms with Gasteiger partial charge in [-0.15, -0.1) is 0 Å². The fraction of sp³-hybridized carbons (Fsp3) is 0.929. The van der Waals surface area contributed by atoms with Gasteiger partial charge < -0.3 is 14.3 Å². The minimum atomic E-state index is -0.0206. The van der Waals surface area contributed by atoms with E-state index >= 15 is 0 Å². The average molecular weight is 641 g/mol. The van der Waals surface area contributed by atoms with Crippen LogP contribution in [0.1, 0.15) is 151 Å². The zero-order chi connectivity index (χ0) is 33.8. The summed E-state index contributed by atoms with van der Waals surface area (Å²) in [6.07, 6.45) is 19.9. The molecule has 264 valence electrons. The van der Waals surface area contributed by atoms with Crippen LogP contribution in [0.2, 0.25) is 0 Å². The molecule has 5 rings (SSSR count). The summed E-state index contributed by atoms with van der Waals surface area (Å²) in [6.45, 7) is 23.8. The van der Waals surface area contributed by atoms with E-state index < -0.39 is 0 Å². The van der Waals surface area contributed by atoms with Crippen LogP contribution in [0, 0.1) is 56.7 Å². The molecular weight excluding hydrogens is 566 g/mol. The van der Waals surface area contributed by atoms with Gasteiger partial charge in [-0.25, -0.2) is 4.79 Å². The molecule has 5 aliphatic carbocycles. The number of unbranched alkanes of at least 4 members (excludes halogenated alkanes) is 5. The lowest BCUT2D eigenvalue weighted by atomic mass is 9.32. The van der Waals surface area contributed by atoms with Gasteiger partial charge in [0.2, 0.25) is 0 Å². The van der Waals surface area contributed by atoms with Gasteiger partial charge in [0.25, 0.3) is 0 Å². The summed E-state index contributed by atoms with van der Waals surface area (Å²) in [7, 11) is 4.41. The number of likely N-dealkylation sites (N-methyl/N-ethyl adjacent to an activating group) is 1. The number of esters is 1. The molecule has 0 heterocycles. The van der Waals surface area contributed by atoms with E-state index in [1.807, 2.05) is 0 Å². The molecule has 46 heavy (non-hydrogen) atoms. The van der Waals surface area contributed by atoms with Crippen LogP contribution in [0.25, 0.3) is 0 Å². The van der Waals surface area contributed by atoms with Gasteiger partial charge in [-0.1, -0.05) is 79.4 Å². The summed E-state index contributed by atoms with van der Waals surface area (Å²) < 4.78 is 7.21. The first-order valence-corrected chi connectivity index (χ1v) is 19.8. The third kappa shape index (κ3) is 5.98. The van der Waals surface area contributed by atoms with Crippen LogP contribution >= 0.6 is 0 Å². The molecule has 0 bridgehead atoms. The number of hydrogen-bond acceptors (Lipinski definition) is 3. The average Bonchev–Trinajstić information content (AvgIpc) is 3.37. The topological polar surface area (TPSA) is 46.5 Å². The van der Waals surface area contributed by atoms with Crippen LogP contribution in [-0.4, -0.2) is 55.5 Å². The molecule has 0 spiro atoms. The van der Waals surface area contributed by atoms with Gasteiger partial charge in [-0.05, 0) is 135 Å². The van der Waals surface area contributed by atoms with Crippen molar-refractivity contribution in [2.75, 3.05) is 33.8 Å². The Hall–Kier alpha value is -0.870. The van der Waals surface area contributed by atoms with E-state index in [1.165, 1.54) is 102 Å². The van der Waals surface area contributed by atoms with Gasteiger partial charge >= 0.3 is 5.97 Å². The predicted molar refractivity (Wildman–Crippen MR) is 191 cm³/mol. The first-order valence-electron chi connectivity index (χ1n) is 19.8. The Bertz CT molecular complexity index is 1110. The van der Waals surface area contributed by atoms with Crippen molar-refractivity contribution in [3.05, 3.63) is 12.2 Å². The van der Waals surface area contributed by atoms with E-state index in [0.29, 0.717) is 53.6 Å². The second kappa shape index (κ2) is 13.1. The zero-order valence-corrected chi connectivity index (χ0v) is 31.8. The number of carbonyl (C=O) groups is 1. The minimum Gasteiger partial charge on any atom is -0.458 e. The number of hydrogen-bond donors (Lipinski definition) is 1. The second-order valence-corrected chi connectivity index (χ2v) is 19.6. The molecule has 1 N–H and O–H groups in total. The van der Waals surface area contributed by atoms with E-state index in [4.69, 9.17) is 4.74 Å². The fourth-order valence-corrected chi connectivity index (χ4v) is 13.7. The van der Waals surface area contributed by atoms with Crippen molar-refractivity contribution < 1.29 is 19.1 Å². The van der Waals surface area contributed by atoms with Crippen LogP contribution < -0.4 is 0 Å². The third-order valence-corrected chi connectivity index (χ3v) is 16.4. The Morgan fingerprint density at radius 3 is 2.20 bits per heavy atom. The summed E-state index contributed by atoms with van der Waals surface area (Å²) in [6, 6.07) is 0. The maximum Gasteiger partial charge on any atom is 0.362 e. The summed E-state index contributed by atoms with van der Waals surface area (Å²) in [5, 5.41) is 10.8. The first kappa shape index (κ1) is 36.4. The Balaban J connectivity index is 1.28. The van der Waals surface area contributed by atoms with Gasteiger partial charge in [-0.2, -0.15) is 0 Å². The molecule has 4 heteroatoms. The van der Waals surface area contributed by atoms with Crippen molar-refractivity contribution in [2.24, 2.45) is 56.7 Å². The maximum absolute atomic E-state index is 13.5. The van der Waals surface area contributed by atoms with Crippen molar-refractivity contribution in [3.8, 4) is 0 Å². The number of carbonyl (C=O) groups excluding carboxylic acids is 1. The molecule has 0 aromatic carbocycles. The summed E-state index contributed by atoms with van der Waals surface area (Å²) in [5.74, 6) is 3.13. The van der Waals surface area contributed by atoms with Crippen LogP contribution in [-0.2, 0) is 9.53 Å². The van der Waals surface area contributed by atoms with E-state index in [-0.39, 0.29) is 28.3 Å². The van der Waals surface area contributed by atoms with Crippen molar-refractivity contribution in [2.45, 2.75) is 157 Å². The third-order valence-electron chi connectivity index (χ3n) is 16.4. The molecule has 0 aromatic heterocycles. The van der Waals surface area contributed by atoms with E-state index in [0.717, 1.165) is 17.4 Å². The highest BCUT2D eigenvalue weighted by Crippen LogP contribution is 2.77. The van der Waals surface area contributed by atoms with E-state index in [2.05, 4.69) is 69.1 Å². The number of quaternary nitrogens is 1. The first-order chi connectivity index (χ1) is 21.5. The molecular formula is C42H74NO3+. The Kier molecular flexibility index (Phi) is 10.4. The smallest absolute Gasteiger partial charge is 0.362 e. The largest absolute Gasteiger partial charge is 0.458 e. The van der Waals surface area contributed by atoms with Crippen molar-refractivity contribution in [3.63, 3.8) is 0 Å². The molecule has 5 aliphatic rings. The minimum absolute atomic E-state index is 0.00419. The maximum atomic E-state index is 13.5. The molecule has 0 aromatic rings. The van der Waals surface area contributed by atoms with Gasteiger partial charge in [0.05, 0.1) is 20.6 Å². The normalized spacial score (nSPS) is 43.2. The number of nitrogens with zero attached hydrogens (tertiary/aromatic N) is 1. The lowest BCUT2D eigenvalue weighted by molar-refractivity contribution is -0.883. The molecule has 10 atom stereocenters. The van der Waals surface area contributed by atoms with Gasteiger partial charge in [-0.3, -0.25) is 0 Å².